The number of carbonyl (C=O) groups is 1. The zero-order valence-corrected chi connectivity index (χ0v) is 20.3. The summed E-state index contributed by atoms with van der Waals surface area (Å²) in [6.45, 7) is 8.10. The van der Waals surface area contributed by atoms with Crippen LogP contribution >= 0.6 is 0 Å². The van der Waals surface area contributed by atoms with Crippen molar-refractivity contribution in [1.29, 1.82) is 0 Å². The van der Waals surface area contributed by atoms with Gasteiger partial charge in [-0.25, -0.2) is 0 Å². The van der Waals surface area contributed by atoms with Gasteiger partial charge in [-0.2, -0.15) is 0 Å². The van der Waals surface area contributed by atoms with Crippen LogP contribution in [0.2, 0.25) is 0 Å². The number of ether oxygens (including phenoxy) is 2. The molecule has 5 rings (SSSR count). The third kappa shape index (κ3) is 4.73. The Hall–Kier alpha value is -2.76. The van der Waals surface area contributed by atoms with Crippen molar-refractivity contribution in [1.82, 2.24) is 9.88 Å². The van der Waals surface area contributed by atoms with E-state index in [1.54, 1.807) is 0 Å². The molecule has 1 atom stereocenters. The van der Waals surface area contributed by atoms with Crippen molar-refractivity contribution in [3.63, 3.8) is 0 Å². The van der Waals surface area contributed by atoms with Crippen LogP contribution in [0.5, 0.6) is 0 Å². The average molecular weight is 459 g/mol. The predicted molar refractivity (Wildman–Crippen MR) is 134 cm³/mol. The number of carbonyl (C=O) groups excluding carboxylic acids is 1. The molecule has 1 aromatic heterocycles. The van der Waals surface area contributed by atoms with Crippen molar-refractivity contribution in [3.05, 3.63) is 77.1 Å². The summed E-state index contributed by atoms with van der Waals surface area (Å²) in [5.41, 5.74) is 4.30. The minimum absolute atomic E-state index is 0.235. The molecule has 2 fully saturated rings. The Kier molecular flexibility index (Phi) is 6.66. The van der Waals surface area contributed by atoms with E-state index in [1.165, 1.54) is 22.1 Å². The van der Waals surface area contributed by atoms with Crippen molar-refractivity contribution in [3.8, 4) is 0 Å². The third-order valence-electron chi connectivity index (χ3n) is 7.38. The highest BCUT2D eigenvalue weighted by molar-refractivity contribution is 5.88. The maximum Gasteiger partial charge on any atom is 0.233 e. The zero-order chi connectivity index (χ0) is 23.5. The first-order valence-corrected chi connectivity index (χ1v) is 12.4. The molecule has 1 amide bonds. The number of pyridine rings is 1. The minimum atomic E-state index is -0.515. The fourth-order valence-electron chi connectivity index (χ4n) is 5.68. The van der Waals surface area contributed by atoms with Crippen LogP contribution in [0.1, 0.15) is 35.1 Å². The van der Waals surface area contributed by atoms with Gasteiger partial charge in [-0.3, -0.25) is 9.78 Å². The lowest BCUT2D eigenvalue weighted by molar-refractivity contribution is -0.141. The Morgan fingerprint density at radius 1 is 1.00 bits per heavy atom. The first-order chi connectivity index (χ1) is 16.5. The first-order valence-electron chi connectivity index (χ1n) is 12.4. The van der Waals surface area contributed by atoms with Crippen LogP contribution in [0.25, 0.3) is 10.8 Å². The second-order valence-electron chi connectivity index (χ2n) is 10.0. The third-order valence-corrected chi connectivity index (χ3v) is 7.38. The van der Waals surface area contributed by atoms with E-state index in [0.29, 0.717) is 33.0 Å². The Labute approximate surface area is 202 Å². The van der Waals surface area contributed by atoms with Crippen LogP contribution < -0.4 is 0 Å². The van der Waals surface area contributed by atoms with Gasteiger partial charge in [-0.1, -0.05) is 41.5 Å². The molecule has 0 N–H and O–H groups in total. The lowest BCUT2D eigenvalue weighted by Crippen LogP contribution is -2.51. The molecular weight excluding hydrogens is 424 g/mol. The Morgan fingerprint density at radius 3 is 2.59 bits per heavy atom. The molecule has 2 saturated heterocycles. The molecule has 0 spiro atoms. The van der Waals surface area contributed by atoms with Gasteiger partial charge in [0, 0.05) is 50.0 Å². The SMILES string of the molecule is Cc1cc(C)cc(C2(C(=O)N3CCOC[C@@H](Cc4ccc5ccncc5c4)C3)CCOCC2)c1. The molecular formula is C29H34N2O3. The van der Waals surface area contributed by atoms with Gasteiger partial charge in [0.25, 0.3) is 0 Å². The summed E-state index contributed by atoms with van der Waals surface area (Å²) in [7, 11) is 0. The van der Waals surface area contributed by atoms with Crippen molar-refractivity contribution in [2.45, 2.75) is 38.5 Å². The summed E-state index contributed by atoms with van der Waals surface area (Å²) in [6, 6.07) is 15.2. The van der Waals surface area contributed by atoms with E-state index >= 15 is 0 Å². The van der Waals surface area contributed by atoms with Gasteiger partial charge in [-0.15, -0.1) is 0 Å². The molecule has 178 valence electrons. The summed E-state index contributed by atoms with van der Waals surface area (Å²) in [5, 5.41) is 2.35. The molecule has 2 aliphatic rings. The highest BCUT2D eigenvalue weighted by atomic mass is 16.5. The van der Waals surface area contributed by atoms with Crippen molar-refractivity contribution < 1.29 is 14.3 Å². The number of amides is 1. The number of fused-ring (bicyclic) bond motifs is 1. The summed E-state index contributed by atoms with van der Waals surface area (Å²) < 4.78 is 11.7. The largest absolute Gasteiger partial charge is 0.381 e. The molecule has 0 bridgehead atoms. The number of nitrogens with zero attached hydrogens (tertiary/aromatic N) is 2. The fourth-order valence-corrected chi connectivity index (χ4v) is 5.68. The first kappa shape index (κ1) is 23.0. The highest BCUT2D eigenvalue weighted by Gasteiger charge is 2.44. The monoisotopic (exact) mass is 458 g/mol. The molecule has 0 radical (unpaired) electrons. The number of rotatable bonds is 4. The van der Waals surface area contributed by atoms with E-state index in [2.05, 4.69) is 60.1 Å². The van der Waals surface area contributed by atoms with E-state index in [0.717, 1.165) is 36.8 Å². The molecule has 2 aliphatic heterocycles. The molecule has 5 nitrogen and oxygen atoms in total. The van der Waals surface area contributed by atoms with Crippen molar-refractivity contribution >= 4 is 16.7 Å². The van der Waals surface area contributed by atoms with Gasteiger partial charge < -0.3 is 14.4 Å². The molecule has 0 aliphatic carbocycles. The number of benzene rings is 2. The van der Waals surface area contributed by atoms with E-state index in [-0.39, 0.29) is 11.8 Å². The summed E-state index contributed by atoms with van der Waals surface area (Å²) in [5.74, 6) is 0.496. The molecule has 0 unspecified atom stereocenters. The quantitative estimate of drug-likeness (QED) is 0.573. The van der Waals surface area contributed by atoms with Gasteiger partial charge in [0.05, 0.1) is 18.6 Å². The molecule has 2 aromatic carbocycles. The molecule has 0 saturated carbocycles. The smallest absolute Gasteiger partial charge is 0.233 e. The topological polar surface area (TPSA) is 51.7 Å². The summed E-state index contributed by atoms with van der Waals surface area (Å²) >= 11 is 0. The van der Waals surface area contributed by atoms with Gasteiger partial charge in [0.2, 0.25) is 5.91 Å². The van der Waals surface area contributed by atoms with E-state index in [4.69, 9.17) is 9.47 Å². The second kappa shape index (κ2) is 9.85. The number of aromatic nitrogens is 1. The molecule has 5 heteroatoms. The highest BCUT2D eigenvalue weighted by Crippen LogP contribution is 2.38. The zero-order valence-electron chi connectivity index (χ0n) is 20.3. The Bertz CT molecular complexity index is 1150. The van der Waals surface area contributed by atoms with Crippen LogP contribution in [-0.4, -0.2) is 55.3 Å². The standard InChI is InChI=1S/C29H34N2O3/c1-21-13-22(2)15-27(14-21)29(6-10-33-11-7-29)28(32)31-9-12-34-20-24(19-31)16-23-3-4-25-5-8-30-18-26(25)17-23/h3-5,8,13-15,17-18,24H,6-7,9-12,16,19-20H2,1-2H3/t24-/m0/s1. The number of aryl methyl sites for hydroxylation is 2. The van der Waals surface area contributed by atoms with Crippen LogP contribution in [-0.2, 0) is 26.1 Å². The molecule has 3 heterocycles. The van der Waals surface area contributed by atoms with Gasteiger partial charge >= 0.3 is 0 Å². The number of hydrogen-bond acceptors (Lipinski definition) is 4. The maximum atomic E-state index is 14.2. The lowest BCUT2D eigenvalue weighted by Gasteiger charge is -2.40. The van der Waals surface area contributed by atoms with Crippen LogP contribution in [0, 0.1) is 19.8 Å². The fraction of sp³-hybridized carbons (Fsp3) is 0.448. The van der Waals surface area contributed by atoms with Crippen LogP contribution in [0.15, 0.2) is 54.9 Å². The van der Waals surface area contributed by atoms with E-state index in [1.807, 2.05) is 18.5 Å². The minimum Gasteiger partial charge on any atom is -0.381 e. The van der Waals surface area contributed by atoms with Crippen LogP contribution in [0.3, 0.4) is 0 Å². The molecule has 3 aromatic rings. The Balaban J connectivity index is 1.39. The molecule has 34 heavy (non-hydrogen) atoms. The summed E-state index contributed by atoms with van der Waals surface area (Å²) in [4.78, 5) is 20.6. The van der Waals surface area contributed by atoms with Gasteiger partial charge in [0.15, 0.2) is 0 Å². The summed E-state index contributed by atoms with van der Waals surface area (Å²) in [6.07, 6.45) is 6.08. The van der Waals surface area contributed by atoms with Crippen LogP contribution in [0.4, 0.5) is 0 Å². The second-order valence-corrected chi connectivity index (χ2v) is 10.0. The normalized spacial score (nSPS) is 20.8. The average Bonchev–Trinajstić information content (AvgIpc) is 3.09. The van der Waals surface area contributed by atoms with Gasteiger partial charge in [-0.05, 0) is 61.8 Å². The Morgan fingerprint density at radius 2 is 1.79 bits per heavy atom. The van der Waals surface area contributed by atoms with Crippen molar-refractivity contribution in [2.75, 3.05) is 39.5 Å². The van der Waals surface area contributed by atoms with Gasteiger partial charge in [0.1, 0.15) is 0 Å². The van der Waals surface area contributed by atoms with Crippen molar-refractivity contribution in [2.24, 2.45) is 5.92 Å². The van der Waals surface area contributed by atoms with E-state index < -0.39 is 5.41 Å². The predicted octanol–water partition coefficient (Wildman–Crippen LogP) is 4.62. The van der Waals surface area contributed by atoms with E-state index in [9.17, 15) is 4.79 Å². The number of hydrogen-bond donors (Lipinski definition) is 0. The maximum absolute atomic E-state index is 14.2. The lowest BCUT2D eigenvalue weighted by atomic mass is 9.72.